The molecule has 3 heterocycles. The molecule has 1 aliphatic heterocycles. The third-order valence-electron chi connectivity index (χ3n) is 6.28. The van der Waals surface area contributed by atoms with Crippen LogP contribution in [0, 0.1) is 6.92 Å². The van der Waals surface area contributed by atoms with Crippen molar-refractivity contribution in [3.05, 3.63) is 89.8 Å². The van der Waals surface area contributed by atoms with Crippen LogP contribution < -0.4 is 15.0 Å². The van der Waals surface area contributed by atoms with E-state index in [1.54, 1.807) is 72.3 Å². The average molecular weight is 471 g/mol. The zero-order valence-corrected chi connectivity index (χ0v) is 19.8. The monoisotopic (exact) mass is 470 g/mol. The second-order valence-electron chi connectivity index (χ2n) is 8.83. The van der Waals surface area contributed by atoms with E-state index in [4.69, 9.17) is 9.15 Å². The zero-order chi connectivity index (χ0) is 24.6. The van der Waals surface area contributed by atoms with Gasteiger partial charge in [-0.1, -0.05) is 29.8 Å². The van der Waals surface area contributed by atoms with E-state index in [0.29, 0.717) is 35.1 Å². The Kier molecular flexibility index (Phi) is 5.64. The minimum Gasteiger partial charge on any atom is -0.497 e. The number of hydrogen-bond acceptors (Lipinski definition) is 5. The highest BCUT2D eigenvalue weighted by molar-refractivity contribution is 6.12. The number of furan rings is 1. The standard InChI is InChI=1S/C27H26N4O4/c1-18-6-4-7-19(14-18)16-28-26(33)27(2)17-30-23(15-22(29-30)24-8-5-13-35-24)25(32)31(27)20-9-11-21(34-3)12-10-20/h4-15H,16-17H2,1-3H3,(H,28,33)/t27-/m0/s1. The first kappa shape index (κ1) is 22.5. The molecule has 1 N–H and O–H groups in total. The summed E-state index contributed by atoms with van der Waals surface area (Å²) in [6.07, 6.45) is 1.56. The highest BCUT2D eigenvalue weighted by atomic mass is 16.5. The van der Waals surface area contributed by atoms with Gasteiger partial charge in [0, 0.05) is 18.3 Å². The minimum atomic E-state index is -1.23. The Labute approximate surface area is 203 Å². The number of carbonyl (C=O) groups is 2. The first-order chi connectivity index (χ1) is 16.9. The summed E-state index contributed by atoms with van der Waals surface area (Å²) in [4.78, 5) is 29.0. The normalized spacial score (nSPS) is 17.2. The van der Waals surface area contributed by atoms with E-state index in [0.717, 1.165) is 11.1 Å². The first-order valence-corrected chi connectivity index (χ1v) is 11.3. The summed E-state index contributed by atoms with van der Waals surface area (Å²) in [7, 11) is 1.58. The van der Waals surface area contributed by atoms with E-state index in [9.17, 15) is 9.59 Å². The van der Waals surface area contributed by atoms with Gasteiger partial charge in [0.2, 0.25) is 5.91 Å². The number of ether oxygens (including phenoxy) is 1. The van der Waals surface area contributed by atoms with Crippen LogP contribution in [-0.2, 0) is 17.9 Å². The molecule has 2 aromatic carbocycles. The van der Waals surface area contributed by atoms with E-state index >= 15 is 0 Å². The van der Waals surface area contributed by atoms with Crippen LogP contribution in [-0.4, -0.2) is 34.2 Å². The third-order valence-corrected chi connectivity index (χ3v) is 6.28. The van der Waals surface area contributed by atoms with Crippen LogP contribution in [0.4, 0.5) is 5.69 Å². The van der Waals surface area contributed by atoms with Gasteiger partial charge in [-0.15, -0.1) is 0 Å². The van der Waals surface area contributed by atoms with Gasteiger partial charge in [0.15, 0.2) is 5.76 Å². The summed E-state index contributed by atoms with van der Waals surface area (Å²) in [6.45, 7) is 4.30. The summed E-state index contributed by atoms with van der Waals surface area (Å²) in [5, 5.41) is 7.61. The first-order valence-electron chi connectivity index (χ1n) is 11.3. The highest BCUT2D eigenvalue weighted by Crippen LogP contribution is 2.35. The van der Waals surface area contributed by atoms with Gasteiger partial charge in [0.05, 0.1) is 19.9 Å². The van der Waals surface area contributed by atoms with Gasteiger partial charge < -0.3 is 14.5 Å². The fourth-order valence-corrected chi connectivity index (χ4v) is 4.46. The van der Waals surface area contributed by atoms with Gasteiger partial charge in [-0.05, 0) is 55.8 Å². The Morgan fingerprint density at radius 1 is 1.14 bits per heavy atom. The number of fused-ring (bicyclic) bond motifs is 1. The van der Waals surface area contributed by atoms with Crippen LogP contribution in [0.1, 0.15) is 28.5 Å². The predicted octanol–water partition coefficient (Wildman–Crippen LogP) is 4.20. The van der Waals surface area contributed by atoms with Crippen LogP contribution >= 0.6 is 0 Å². The number of nitrogens with one attached hydrogen (secondary N) is 1. The Balaban J connectivity index is 1.53. The SMILES string of the molecule is COc1ccc(N2C(=O)c3cc(-c4ccco4)nn3C[C@@]2(C)C(=O)NCc2cccc(C)c2)cc1. The molecule has 0 spiro atoms. The maximum absolute atomic E-state index is 13.8. The molecule has 0 aliphatic carbocycles. The number of benzene rings is 2. The molecule has 0 fully saturated rings. The van der Waals surface area contributed by atoms with Crippen LogP contribution in [0.3, 0.4) is 0 Å². The van der Waals surface area contributed by atoms with Crippen molar-refractivity contribution in [2.45, 2.75) is 32.5 Å². The molecule has 1 aliphatic rings. The smallest absolute Gasteiger partial charge is 0.277 e. The zero-order valence-electron chi connectivity index (χ0n) is 19.8. The van der Waals surface area contributed by atoms with Crippen LogP contribution in [0.15, 0.2) is 77.4 Å². The molecular formula is C27H26N4O4. The number of amides is 2. The second kappa shape index (κ2) is 8.79. The molecule has 0 radical (unpaired) electrons. The summed E-state index contributed by atoms with van der Waals surface area (Å²) in [5.41, 5.74) is 2.39. The Morgan fingerprint density at radius 3 is 2.63 bits per heavy atom. The molecule has 178 valence electrons. The highest BCUT2D eigenvalue weighted by Gasteiger charge is 2.49. The number of anilines is 1. The van der Waals surface area contributed by atoms with Crippen molar-refractivity contribution < 1.29 is 18.7 Å². The quantitative estimate of drug-likeness (QED) is 0.456. The van der Waals surface area contributed by atoms with Crippen molar-refractivity contribution in [3.63, 3.8) is 0 Å². The van der Waals surface area contributed by atoms with Crippen molar-refractivity contribution in [1.29, 1.82) is 0 Å². The lowest BCUT2D eigenvalue weighted by Gasteiger charge is -2.43. The van der Waals surface area contributed by atoms with Crippen molar-refractivity contribution >= 4 is 17.5 Å². The molecule has 8 heteroatoms. The molecule has 2 aromatic heterocycles. The van der Waals surface area contributed by atoms with E-state index in [2.05, 4.69) is 10.4 Å². The number of carbonyl (C=O) groups excluding carboxylic acids is 2. The van der Waals surface area contributed by atoms with Gasteiger partial charge >= 0.3 is 0 Å². The van der Waals surface area contributed by atoms with Crippen molar-refractivity contribution in [2.75, 3.05) is 12.0 Å². The van der Waals surface area contributed by atoms with Gasteiger partial charge in [0.1, 0.15) is 22.7 Å². The molecule has 35 heavy (non-hydrogen) atoms. The molecule has 0 saturated carbocycles. The van der Waals surface area contributed by atoms with E-state index in [1.165, 1.54) is 0 Å². The average Bonchev–Trinajstić information content (AvgIpc) is 3.53. The fraction of sp³-hybridized carbons (Fsp3) is 0.222. The summed E-state index contributed by atoms with van der Waals surface area (Å²) in [5.74, 6) is 0.624. The maximum Gasteiger partial charge on any atom is 0.277 e. The molecule has 1 atom stereocenters. The molecular weight excluding hydrogens is 444 g/mol. The number of nitrogens with zero attached hydrogens (tertiary/aromatic N) is 3. The largest absolute Gasteiger partial charge is 0.497 e. The summed E-state index contributed by atoms with van der Waals surface area (Å²) < 4.78 is 12.3. The van der Waals surface area contributed by atoms with E-state index < -0.39 is 5.54 Å². The molecule has 5 rings (SSSR count). The van der Waals surface area contributed by atoms with Crippen molar-refractivity contribution in [3.8, 4) is 17.2 Å². The number of aromatic nitrogens is 2. The van der Waals surface area contributed by atoms with Crippen molar-refractivity contribution in [2.24, 2.45) is 0 Å². The molecule has 0 bridgehead atoms. The number of aryl methyl sites for hydroxylation is 1. The predicted molar refractivity (Wildman–Crippen MR) is 131 cm³/mol. The minimum absolute atomic E-state index is 0.181. The Bertz CT molecular complexity index is 1370. The molecule has 0 unspecified atom stereocenters. The van der Waals surface area contributed by atoms with Gasteiger partial charge in [-0.25, -0.2) is 0 Å². The second-order valence-corrected chi connectivity index (χ2v) is 8.83. The number of rotatable bonds is 6. The molecule has 0 saturated heterocycles. The third kappa shape index (κ3) is 4.07. The fourth-order valence-electron chi connectivity index (χ4n) is 4.46. The van der Waals surface area contributed by atoms with Gasteiger partial charge in [-0.2, -0.15) is 5.10 Å². The molecule has 8 nitrogen and oxygen atoms in total. The maximum atomic E-state index is 13.8. The Hall–Kier alpha value is -4.33. The van der Waals surface area contributed by atoms with Crippen molar-refractivity contribution in [1.82, 2.24) is 15.1 Å². The van der Waals surface area contributed by atoms with Gasteiger partial charge in [0.25, 0.3) is 5.91 Å². The summed E-state index contributed by atoms with van der Waals surface area (Å²) >= 11 is 0. The molecule has 4 aromatic rings. The van der Waals surface area contributed by atoms with Crippen LogP contribution in [0.5, 0.6) is 5.75 Å². The lowest BCUT2D eigenvalue weighted by Crippen LogP contribution is -2.64. The van der Waals surface area contributed by atoms with E-state index in [1.807, 2.05) is 31.2 Å². The summed E-state index contributed by atoms with van der Waals surface area (Å²) in [6, 6.07) is 20.3. The Morgan fingerprint density at radius 2 is 1.94 bits per heavy atom. The van der Waals surface area contributed by atoms with Gasteiger partial charge in [-0.3, -0.25) is 19.2 Å². The lowest BCUT2D eigenvalue weighted by atomic mass is 9.93. The number of methoxy groups -OCH3 is 1. The molecule has 2 amide bonds. The number of hydrogen-bond donors (Lipinski definition) is 1. The topological polar surface area (TPSA) is 89.6 Å². The van der Waals surface area contributed by atoms with E-state index in [-0.39, 0.29) is 18.4 Å². The van der Waals surface area contributed by atoms with Crippen LogP contribution in [0.25, 0.3) is 11.5 Å². The van der Waals surface area contributed by atoms with Crippen LogP contribution in [0.2, 0.25) is 0 Å². The lowest BCUT2D eigenvalue weighted by molar-refractivity contribution is -0.126.